The predicted octanol–water partition coefficient (Wildman–Crippen LogP) is -1.65. The maximum absolute atomic E-state index is 13.3. The standard InChI is InChI=1S/C42H64O20/c1-18(9-11-55-36(52)23-16-58-39(29-21(23)8-10-42(29,4)54)62-41-35(51)33(49)31(47)27(14-44)60-41)6-5-7-19(2)15-56-37(53)24-17-57-38(28-20(3)25(45)12-22(24)28)61-40-34(50)32(48)30(46)26(13-43)59-40/h16-19,21-22,25-35,38-41,43-51,54H,3,5-15H2,1-2,4H3/t18-,19+,21-,22-,25-,26+,27-,28-,29-,30-,31+,32-,33+,34-,35-,38+,39-,40+,41-,42+/m1/s1. The van der Waals surface area contributed by atoms with Gasteiger partial charge in [-0.15, -0.1) is 0 Å². The number of rotatable bonds is 17. The van der Waals surface area contributed by atoms with E-state index in [9.17, 15) is 60.7 Å². The predicted molar refractivity (Wildman–Crippen MR) is 208 cm³/mol. The van der Waals surface area contributed by atoms with Crippen LogP contribution in [0.15, 0.2) is 35.8 Å². The van der Waals surface area contributed by atoms with Crippen LogP contribution in [0.4, 0.5) is 0 Å². The van der Waals surface area contributed by atoms with Crippen LogP contribution >= 0.6 is 0 Å². The van der Waals surface area contributed by atoms with Gasteiger partial charge in [0.25, 0.3) is 0 Å². The number of fused-ring (bicyclic) bond motifs is 2. The summed E-state index contributed by atoms with van der Waals surface area (Å²) in [7, 11) is 0. The van der Waals surface area contributed by atoms with Gasteiger partial charge in [0.15, 0.2) is 12.6 Å². The fourth-order valence-electron chi connectivity index (χ4n) is 9.42. The molecule has 2 saturated carbocycles. The fourth-order valence-corrected chi connectivity index (χ4v) is 9.42. The molecule has 4 aliphatic heterocycles. The van der Waals surface area contributed by atoms with Crippen molar-refractivity contribution in [3.63, 3.8) is 0 Å². The van der Waals surface area contributed by atoms with Crippen LogP contribution in [0.1, 0.15) is 65.7 Å². The number of carbonyl (C=O) groups is 2. The molecule has 0 radical (unpaired) electrons. The van der Waals surface area contributed by atoms with Crippen molar-refractivity contribution < 1.29 is 98.5 Å². The first-order valence-electron chi connectivity index (χ1n) is 21.4. The molecule has 0 aromatic carbocycles. The molecule has 4 fully saturated rings. The van der Waals surface area contributed by atoms with E-state index in [-0.39, 0.29) is 42.6 Å². The quantitative estimate of drug-likeness (QED) is 0.0578. The molecule has 10 N–H and O–H groups in total. The molecular weight excluding hydrogens is 824 g/mol. The van der Waals surface area contributed by atoms with Crippen molar-refractivity contribution >= 4 is 11.9 Å². The Labute approximate surface area is 359 Å². The van der Waals surface area contributed by atoms with E-state index in [2.05, 4.69) is 6.58 Å². The van der Waals surface area contributed by atoms with E-state index in [4.69, 9.17) is 37.9 Å². The molecular formula is C42H64O20. The Morgan fingerprint density at radius 1 is 0.742 bits per heavy atom. The van der Waals surface area contributed by atoms with Gasteiger partial charge in [0.2, 0.25) is 12.6 Å². The highest BCUT2D eigenvalue weighted by molar-refractivity contribution is 5.89. The second kappa shape index (κ2) is 20.6. The summed E-state index contributed by atoms with van der Waals surface area (Å²) in [5, 5.41) is 102. The molecule has 6 rings (SSSR count). The van der Waals surface area contributed by atoms with Gasteiger partial charge >= 0.3 is 11.9 Å². The van der Waals surface area contributed by atoms with Gasteiger partial charge in [-0.1, -0.05) is 33.3 Å². The normalized spacial score (nSPS) is 42.7. The maximum atomic E-state index is 13.3. The van der Waals surface area contributed by atoms with Crippen LogP contribution in [0.2, 0.25) is 0 Å². The van der Waals surface area contributed by atoms with Crippen molar-refractivity contribution in [2.75, 3.05) is 26.4 Å². The van der Waals surface area contributed by atoms with Crippen molar-refractivity contribution in [1.29, 1.82) is 0 Å². The van der Waals surface area contributed by atoms with Gasteiger partial charge in [0.1, 0.15) is 48.8 Å². The zero-order valence-corrected chi connectivity index (χ0v) is 35.2. The molecule has 0 amide bonds. The summed E-state index contributed by atoms with van der Waals surface area (Å²) in [5.74, 6) is -3.62. The first kappa shape index (κ1) is 48.7. The number of aliphatic hydroxyl groups excluding tert-OH is 9. The van der Waals surface area contributed by atoms with E-state index in [1.807, 2.05) is 13.8 Å². The minimum atomic E-state index is -1.68. The molecule has 352 valence electrons. The zero-order valence-electron chi connectivity index (χ0n) is 35.2. The number of aliphatic hydroxyl groups is 10. The molecule has 0 aromatic heterocycles. The van der Waals surface area contributed by atoms with E-state index < -0.39 is 135 Å². The van der Waals surface area contributed by atoms with Crippen molar-refractivity contribution in [3.05, 3.63) is 35.8 Å². The lowest BCUT2D eigenvalue weighted by Gasteiger charge is -2.44. The van der Waals surface area contributed by atoms with Gasteiger partial charge in [0.05, 0.1) is 73.6 Å². The Morgan fingerprint density at radius 2 is 1.27 bits per heavy atom. The van der Waals surface area contributed by atoms with Gasteiger partial charge in [0, 0.05) is 11.8 Å². The van der Waals surface area contributed by atoms with Crippen molar-refractivity contribution in [3.8, 4) is 0 Å². The van der Waals surface area contributed by atoms with E-state index >= 15 is 0 Å². The summed E-state index contributed by atoms with van der Waals surface area (Å²) in [6.45, 7) is 8.50. The van der Waals surface area contributed by atoms with Crippen LogP contribution in [0.25, 0.3) is 0 Å². The Balaban J connectivity index is 0.922. The van der Waals surface area contributed by atoms with Gasteiger partial charge in [-0.25, -0.2) is 9.59 Å². The molecule has 20 atom stereocenters. The summed E-state index contributed by atoms with van der Waals surface area (Å²) >= 11 is 0. The molecule has 0 bridgehead atoms. The molecule has 0 unspecified atom stereocenters. The van der Waals surface area contributed by atoms with Crippen molar-refractivity contribution in [2.45, 2.75) is 151 Å². The highest BCUT2D eigenvalue weighted by Gasteiger charge is 2.57. The largest absolute Gasteiger partial charge is 0.471 e. The first-order valence-corrected chi connectivity index (χ1v) is 21.4. The third kappa shape index (κ3) is 10.3. The van der Waals surface area contributed by atoms with Gasteiger partial charge in [-0.2, -0.15) is 0 Å². The average molecular weight is 889 g/mol. The first-order chi connectivity index (χ1) is 29.4. The van der Waals surface area contributed by atoms with Crippen LogP contribution in [0, 0.1) is 35.5 Å². The molecule has 2 aliphatic carbocycles. The molecule has 4 heterocycles. The Hall–Kier alpha value is -2.80. The van der Waals surface area contributed by atoms with Crippen LogP contribution in [-0.4, -0.2) is 175 Å². The van der Waals surface area contributed by atoms with Crippen LogP contribution in [0.5, 0.6) is 0 Å². The van der Waals surface area contributed by atoms with Crippen LogP contribution in [-0.2, 0) is 47.5 Å². The lowest BCUT2D eigenvalue weighted by atomic mass is 9.81. The summed E-state index contributed by atoms with van der Waals surface area (Å²) < 4.78 is 45.4. The fraction of sp³-hybridized carbons (Fsp3) is 0.810. The summed E-state index contributed by atoms with van der Waals surface area (Å²) in [6.07, 6.45) is -12.3. The van der Waals surface area contributed by atoms with Gasteiger partial charge in [-0.3, -0.25) is 0 Å². The van der Waals surface area contributed by atoms with Crippen molar-refractivity contribution in [2.24, 2.45) is 35.5 Å². The number of hydrogen-bond donors (Lipinski definition) is 10. The summed E-state index contributed by atoms with van der Waals surface area (Å²) in [5.41, 5.74) is -0.566. The second-order valence-corrected chi connectivity index (χ2v) is 18.0. The minimum Gasteiger partial charge on any atom is -0.471 e. The summed E-state index contributed by atoms with van der Waals surface area (Å²) in [6, 6.07) is 0. The monoisotopic (exact) mass is 888 g/mol. The average Bonchev–Trinajstić information content (AvgIpc) is 3.73. The smallest absolute Gasteiger partial charge is 0.337 e. The zero-order chi connectivity index (χ0) is 45.2. The molecule has 0 aromatic rings. The highest BCUT2D eigenvalue weighted by atomic mass is 16.8. The third-order valence-corrected chi connectivity index (χ3v) is 13.4. The molecule has 0 spiro atoms. The topological polar surface area (TPSA) is 310 Å². The maximum Gasteiger partial charge on any atom is 0.337 e. The highest BCUT2D eigenvalue weighted by Crippen LogP contribution is 2.50. The number of esters is 2. The number of hydrogen-bond acceptors (Lipinski definition) is 20. The van der Waals surface area contributed by atoms with Crippen LogP contribution < -0.4 is 0 Å². The van der Waals surface area contributed by atoms with E-state index in [0.29, 0.717) is 24.8 Å². The van der Waals surface area contributed by atoms with E-state index in [1.165, 1.54) is 12.5 Å². The molecule has 20 nitrogen and oxygen atoms in total. The van der Waals surface area contributed by atoms with E-state index in [1.54, 1.807) is 6.92 Å². The minimum absolute atomic E-state index is 0.000366. The number of ether oxygens (including phenoxy) is 8. The third-order valence-electron chi connectivity index (χ3n) is 13.4. The number of carbonyl (C=O) groups excluding carboxylic acids is 2. The molecule has 6 aliphatic rings. The van der Waals surface area contributed by atoms with Gasteiger partial charge in [-0.05, 0) is 56.4 Å². The van der Waals surface area contributed by atoms with Gasteiger partial charge < -0.3 is 89.0 Å². The lowest BCUT2D eigenvalue weighted by molar-refractivity contribution is -0.346. The molecule has 62 heavy (non-hydrogen) atoms. The Morgan fingerprint density at radius 3 is 1.87 bits per heavy atom. The van der Waals surface area contributed by atoms with Crippen molar-refractivity contribution in [1.82, 2.24) is 0 Å². The SMILES string of the molecule is C=C1[C@H]2[C@H](O[C@@H]3O[C@@H](CO)[C@@H](O)[C@@H](O)[C@H]3O)OC=C(C(=O)OC[C@@H](C)CCC[C@@H](C)CCOC(=O)C3=CO[C@H](O[C@H]4O[C@H](CO)[C@H](O)[C@H](O)[C@H]4O)[C@H]4[C@@H]3CC[C@]4(C)O)[C@H]2C[C@H]1O. The lowest BCUT2D eigenvalue weighted by Crippen LogP contribution is -2.60. The molecule has 20 heteroatoms. The molecule has 2 saturated heterocycles. The Bertz CT molecular complexity index is 1620. The Kier molecular flexibility index (Phi) is 16.1. The van der Waals surface area contributed by atoms with E-state index in [0.717, 1.165) is 19.3 Å². The second-order valence-electron chi connectivity index (χ2n) is 18.0. The van der Waals surface area contributed by atoms with Crippen LogP contribution in [0.3, 0.4) is 0 Å². The summed E-state index contributed by atoms with van der Waals surface area (Å²) in [4.78, 5) is 26.6.